The van der Waals surface area contributed by atoms with Crippen LogP contribution in [0, 0.1) is 6.92 Å². The Morgan fingerprint density at radius 2 is 2.33 bits per heavy atom. The highest BCUT2D eigenvalue weighted by atomic mass is 32.1. The van der Waals surface area contributed by atoms with Gasteiger partial charge in [0.1, 0.15) is 0 Å². The summed E-state index contributed by atoms with van der Waals surface area (Å²) < 4.78 is 0. The fraction of sp³-hybridized carbons (Fsp3) is 0.231. The highest BCUT2D eigenvalue weighted by molar-refractivity contribution is 7.10. The molecule has 0 unspecified atom stereocenters. The first-order valence-corrected chi connectivity index (χ1v) is 6.45. The van der Waals surface area contributed by atoms with Gasteiger partial charge in [0.2, 0.25) is 0 Å². The predicted molar refractivity (Wildman–Crippen MR) is 70.8 cm³/mol. The van der Waals surface area contributed by atoms with E-state index in [9.17, 15) is 4.79 Å². The number of rotatable bonds is 5. The number of pyridine rings is 1. The van der Waals surface area contributed by atoms with E-state index in [0.29, 0.717) is 12.1 Å². The van der Waals surface area contributed by atoms with Gasteiger partial charge in [-0.2, -0.15) is 0 Å². The molecule has 0 aromatic carbocycles. The van der Waals surface area contributed by atoms with Gasteiger partial charge >= 0.3 is 5.97 Å². The molecule has 0 saturated carbocycles. The minimum absolute atomic E-state index is 0.358. The normalized spacial score (nSPS) is 10.5. The van der Waals surface area contributed by atoms with E-state index in [1.807, 2.05) is 19.2 Å². The number of thiophene rings is 1. The van der Waals surface area contributed by atoms with Crippen LogP contribution in [0.4, 0.5) is 0 Å². The number of carbonyl (C=O) groups is 1. The van der Waals surface area contributed by atoms with Crippen molar-refractivity contribution in [2.75, 3.05) is 0 Å². The van der Waals surface area contributed by atoms with Gasteiger partial charge in [0.15, 0.2) is 0 Å². The summed E-state index contributed by atoms with van der Waals surface area (Å²) in [5, 5.41) is 13.8. The van der Waals surface area contributed by atoms with Gasteiger partial charge in [0.25, 0.3) is 0 Å². The lowest BCUT2D eigenvalue weighted by atomic mass is 10.1. The fourth-order valence-corrected chi connectivity index (χ4v) is 2.43. The molecule has 2 aromatic heterocycles. The van der Waals surface area contributed by atoms with Gasteiger partial charge in [0.05, 0.1) is 5.56 Å². The van der Waals surface area contributed by atoms with Gasteiger partial charge in [-0.1, -0.05) is 0 Å². The Bertz CT molecular complexity index is 551. The second-order valence-corrected chi connectivity index (χ2v) is 5.01. The molecule has 18 heavy (non-hydrogen) atoms. The van der Waals surface area contributed by atoms with Gasteiger partial charge < -0.3 is 10.4 Å². The summed E-state index contributed by atoms with van der Waals surface area (Å²) in [5.74, 6) is -0.873. The lowest BCUT2D eigenvalue weighted by Gasteiger charge is -2.05. The number of aromatic carboxylic acids is 1. The first kappa shape index (κ1) is 12.7. The van der Waals surface area contributed by atoms with E-state index in [2.05, 4.69) is 10.3 Å². The Morgan fingerprint density at radius 1 is 1.50 bits per heavy atom. The van der Waals surface area contributed by atoms with Gasteiger partial charge in [-0.25, -0.2) is 4.79 Å². The van der Waals surface area contributed by atoms with E-state index in [0.717, 1.165) is 17.0 Å². The summed E-state index contributed by atoms with van der Waals surface area (Å²) in [7, 11) is 0. The third-order valence-corrected chi connectivity index (χ3v) is 3.59. The molecule has 2 N–H and O–H groups in total. The molecule has 4 nitrogen and oxygen atoms in total. The van der Waals surface area contributed by atoms with Gasteiger partial charge in [0, 0.05) is 35.7 Å². The van der Waals surface area contributed by atoms with E-state index in [-0.39, 0.29) is 0 Å². The molecule has 2 heterocycles. The van der Waals surface area contributed by atoms with Crippen molar-refractivity contribution < 1.29 is 9.90 Å². The van der Waals surface area contributed by atoms with E-state index < -0.39 is 5.97 Å². The van der Waals surface area contributed by atoms with Crippen LogP contribution in [0.25, 0.3) is 0 Å². The third kappa shape index (κ3) is 3.15. The molecule has 0 aliphatic carbocycles. The Labute approximate surface area is 109 Å². The molecule has 5 heteroatoms. The van der Waals surface area contributed by atoms with Crippen LogP contribution in [0.5, 0.6) is 0 Å². The number of hydrogen-bond acceptors (Lipinski definition) is 4. The van der Waals surface area contributed by atoms with Gasteiger partial charge in [-0.05, 0) is 30.2 Å². The number of nitrogens with zero attached hydrogens (tertiary/aromatic N) is 1. The molecule has 2 aromatic rings. The Kier molecular flexibility index (Phi) is 4.07. The summed E-state index contributed by atoms with van der Waals surface area (Å²) in [5.41, 5.74) is 2.72. The Balaban J connectivity index is 1.88. The molecular formula is C13H14N2O2S. The minimum Gasteiger partial charge on any atom is -0.478 e. The highest BCUT2D eigenvalue weighted by Gasteiger charge is 2.06. The fourth-order valence-electron chi connectivity index (χ4n) is 1.61. The number of aromatic nitrogens is 1. The summed E-state index contributed by atoms with van der Waals surface area (Å²) in [6.45, 7) is 3.46. The maximum Gasteiger partial charge on any atom is 0.336 e. The minimum atomic E-state index is -0.873. The molecule has 0 spiro atoms. The maximum absolute atomic E-state index is 10.7. The summed E-state index contributed by atoms with van der Waals surface area (Å²) >= 11 is 1.46. The highest BCUT2D eigenvalue weighted by Crippen LogP contribution is 2.14. The largest absolute Gasteiger partial charge is 0.478 e. The molecule has 0 bridgehead atoms. The Morgan fingerprint density at radius 3 is 3.00 bits per heavy atom. The Hall–Kier alpha value is -1.72. The van der Waals surface area contributed by atoms with Crippen molar-refractivity contribution >= 4 is 17.3 Å². The van der Waals surface area contributed by atoms with E-state index in [1.165, 1.54) is 16.9 Å². The van der Waals surface area contributed by atoms with Crippen molar-refractivity contribution in [1.82, 2.24) is 10.3 Å². The number of carboxylic acids is 1. The standard InChI is InChI=1S/C13H14N2O2S/c1-9-5-14-3-2-10(9)6-15-7-12-4-11(8-18-12)13(16)17/h2-5,8,15H,6-7H2,1H3,(H,16,17). The monoisotopic (exact) mass is 262 g/mol. The van der Waals surface area contributed by atoms with Crippen molar-refractivity contribution in [1.29, 1.82) is 0 Å². The summed E-state index contributed by atoms with van der Waals surface area (Å²) in [6.07, 6.45) is 3.61. The van der Waals surface area contributed by atoms with E-state index in [1.54, 1.807) is 17.6 Å². The average molecular weight is 262 g/mol. The number of aryl methyl sites for hydroxylation is 1. The van der Waals surface area contributed by atoms with Crippen LogP contribution in [0.1, 0.15) is 26.4 Å². The van der Waals surface area contributed by atoms with Crippen LogP contribution in [0.15, 0.2) is 29.9 Å². The van der Waals surface area contributed by atoms with Crippen LogP contribution in [0.3, 0.4) is 0 Å². The first-order chi connectivity index (χ1) is 8.66. The quantitative estimate of drug-likeness (QED) is 0.868. The number of carboxylic acid groups (broad SMARTS) is 1. The number of hydrogen-bond donors (Lipinski definition) is 2. The van der Waals surface area contributed by atoms with Gasteiger partial charge in [-0.3, -0.25) is 4.98 Å². The third-order valence-electron chi connectivity index (χ3n) is 2.65. The smallest absolute Gasteiger partial charge is 0.336 e. The second kappa shape index (κ2) is 5.75. The zero-order valence-electron chi connectivity index (χ0n) is 10.0. The van der Waals surface area contributed by atoms with Crippen LogP contribution in [0.2, 0.25) is 0 Å². The zero-order valence-corrected chi connectivity index (χ0v) is 10.8. The predicted octanol–water partition coefficient (Wildman–Crippen LogP) is 2.44. The molecule has 0 aliphatic heterocycles. The van der Waals surface area contributed by atoms with Crippen molar-refractivity contribution in [2.45, 2.75) is 20.0 Å². The van der Waals surface area contributed by atoms with Crippen LogP contribution >= 0.6 is 11.3 Å². The molecule has 2 rings (SSSR count). The lowest BCUT2D eigenvalue weighted by Crippen LogP contribution is -2.12. The van der Waals surface area contributed by atoms with Gasteiger partial charge in [-0.15, -0.1) is 11.3 Å². The van der Waals surface area contributed by atoms with E-state index >= 15 is 0 Å². The molecule has 0 amide bonds. The van der Waals surface area contributed by atoms with Crippen LogP contribution in [-0.4, -0.2) is 16.1 Å². The second-order valence-electron chi connectivity index (χ2n) is 4.01. The van der Waals surface area contributed by atoms with Crippen LogP contribution < -0.4 is 5.32 Å². The van der Waals surface area contributed by atoms with Crippen molar-refractivity contribution in [2.24, 2.45) is 0 Å². The SMILES string of the molecule is Cc1cnccc1CNCc1cc(C(=O)O)cs1. The van der Waals surface area contributed by atoms with Crippen molar-refractivity contribution in [3.63, 3.8) is 0 Å². The molecule has 0 radical (unpaired) electrons. The average Bonchev–Trinajstić information content (AvgIpc) is 2.80. The van der Waals surface area contributed by atoms with E-state index in [4.69, 9.17) is 5.11 Å². The molecule has 0 aliphatic rings. The van der Waals surface area contributed by atoms with Crippen molar-refractivity contribution in [3.8, 4) is 0 Å². The zero-order chi connectivity index (χ0) is 13.0. The first-order valence-electron chi connectivity index (χ1n) is 5.57. The molecule has 94 valence electrons. The summed E-state index contributed by atoms with van der Waals surface area (Å²) in [4.78, 5) is 15.8. The van der Waals surface area contributed by atoms with Crippen molar-refractivity contribution in [3.05, 3.63) is 51.5 Å². The molecule has 0 fully saturated rings. The lowest BCUT2D eigenvalue weighted by molar-refractivity contribution is 0.0697. The maximum atomic E-state index is 10.7. The molecule has 0 atom stereocenters. The topological polar surface area (TPSA) is 62.2 Å². The number of nitrogens with one attached hydrogen (secondary N) is 1. The summed E-state index contributed by atoms with van der Waals surface area (Å²) in [6, 6.07) is 3.69. The van der Waals surface area contributed by atoms with Crippen LogP contribution in [-0.2, 0) is 13.1 Å². The molecule has 0 saturated heterocycles. The molecular weight excluding hydrogens is 248 g/mol.